The molecule has 0 fully saturated rings. The Morgan fingerprint density at radius 1 is 0.603 bits per heavy atom. The van der Waals surface area contributed by atoms with E-state index in [1.165, 1.54) is 70.2 Å². The molecule has 0 unspecified atom stereocenters. The number of nitrogens with zero attached hydrogens (tertiary/aromatic N) is 3. The number of aryl methyl sites for hydroxylation is 6. The Balaban J connectivity index is 0.00000803. The zero-order chi connectivity index (χ0) is 56.1. The summed E-state index contributed by atoms with van der Waals surface area (Å²) < 4.78 is 163. The summed E-state index contributed by atoms with van der Waals surface area (Å²) in [4.78, 5) is 13.3. The maximum atomic E-state index is 15.2. The van der Waals surface area contributed by atoms with E-state index in [9.17, 15) is 16.4 Å². The van der Waals surface area contributed by atoms with Gasteiger partial charge in [0.2, 0.25) is 0 Å². The van der Waals surface area contributed by atoms with Crippen molar-refractivity contribution in [3.8, 4) is 33.8 Å². The number of aromatic nitrogens is 3. The maximum absolute atomic E-state index is 15.2. The first-order valence-electron chi connectivity index (χ1n) is 27.4. The molecule has 0 aliphatic carbocycles. The Bertz CT molecular complexity index is 3570. The number of hydrogen-bond acceptors (Lipinski definition) is 4. The molecule has 0 N–H and O–H groups in total. The van der Waals surface area contributed by atoms with Crippen LogP contribution in [0.1, 0.15) is 105 Å². The fourth-order valence-corrected chi connectivity index (χ4v) is 7.10. The van der Waals surface area contributed by atoms with Crippen LogP contribution in [0.2, 0.25) is 0 Å². The summed E-state index contributed by atoms with van der Waals surface area (Å²) in [6, 6.07) is 36.5. The van der Waals surface area contributed by atoms with E-state index >= 15 is 4.39 Å². The molecule has 0 radical (unpaired) electrons. The Kier molecular flexibility index (Phi) is 8.87. The third-order valence-electron chi connectivity index (χ3n) is 10.2. The minimum Gasteiger partial charge on any atom is -0.500 e. The van der Waals surface area contributed by atoms with Crippen molar-refractivity contribution >= 4 is 21.9 Å². The Morgan fingerprint density at radius 3 is 1.68 bits per heavy atom. The third-order valence-corrected chi connectivity index (χ3v) is 10.2. The van der Waals surface area contributed by atoms with Gasteiger partial charge in [0.15, 0.2) is 0 Å². The van der Waals surface area contributed by atoms with Crippen LogP contribution < -0.4 is 0 Å². The molecule has 63 heavy (non-hydrogen) atoms. The minimum absolute atomic E-state index is 0. The summed E-state index contributed by atoms with van der Waals surface area (Å²) >= 11 is 0. The van der Waals surface area contributed by atoms with Gasteiger partial charge >= 0.3 is 20.1 Å². The van der Waals surface area contributed by atoms with Crippen molar-refractivity contribution in [3.05, 3.63) is 208 Å². The minimum atomic E-state index is -3.28. The molecule has 0 atom stereocenters. The maximum Gasteiger partial charge on any atom is 3.00 e. The van der Waals surface area contributed by atoms with Crippen LogP contribution in [0.15, 0.2) is 144 Å². The first-order chi connectivity index (χ1) is 35.8. The van der Waals surface area contributed by atoms with Gasteiger partial charge in [-0.2, -0.15) is 0 Å². The zero-order valence-corrected chi connectivity index (χ0v) is 37.1. The summed E-state index contributed by atoms with van der Waals surface area (Å²) in [7, 11) is 0. The van der Waals surface area contributed by atoms with E-state index in [-0.39, 0.29) is 81.8 Å². The SMILES string of the molecule is [2H]c1ccc2oc3c(-c4ccc(C([2H])([2H])C([2H])([2H])c5cc(C([2H])([2H])C([2H])([2H])c6cnc(-c7[c-]cccc7)cc6C([2H])(C)C)cc(C([2H])([2H])C([2H])([2H])c6cnc(-c7[c-]cccc7)cc6C([2H])(C)C)c5)cn4)[c-]ccc3c2c1F.[Ir+3]. The Labute approximate surface area is 405 Å². The predicted octanol–water partition coefficient (Wildman–Crippen LogP) is 13.9. The molecule has 0 saturated carbocycles. The molecule has 4 heterocycles. The van der Waals surface area contributed by atoms with Crippen molar-refractivity contribution in [2.75, 3.05) is 0 Å². The second kappa shape index (κ2) is 19.5. The first-order valence-corrected chi connectivity index (χ1v) is 19.9. The van der Waals surface area contributed by atoms with Gasteiger partial charge in [-0.25, -0.2) is 4.39 Å². The van der Waals surface area contributed by atoms with Gasteiger partial charge in [0, 0.05) is 43.2 Å². The molecule has 0 aliphatic rings. The number of fused-ring (bicyclic) bond motifs is 3. The molecule has 6 heteroatoms. The van der Waals surface area contributed by atoms with Crippen LogP contribution in [0.5, 0.6) is 0 Å². The van der Waals surface area contributed by atoms with E-state index in [2.05, 4.69) is 33.2 Å². The number of pyridine rings is 3. The van der Waals surface area contributed by atoms with Crippen LogP contribution >= 0.6 is 0 Å². The van der Waals surface area contributed by atoms with E-state index in [4.69, 9.17) is 8.53 Å². The van der Waals surface area contributed by atoms with Crippen molar-refractivity contribution in [2.24, 2.45) is 0 Å². The third kappa shape index (κ3) is 9.79. The van der Waals surface area contributed by atoms with Gasteiger partial charge in [0.1, 0.15) is 11.4 Å². The van der Waals surface area contributed by atoms with Crippen molar-refractivity contribution in [1.29, 1.82) is 0 Å². The Hall–Kier alpha value is -6.07. The van der Waals surface area contributed by atoms with Crippen molar-refractivity contribution < 1.29 is 49.5 Å². The summed E-state index contributed by atoms with van der Waals surface area (Å²) in [6.45, 7) is 5.95. The summed E-state index contributed by atoms with van der Waals surface area (Å²) in [6.07, 6.45) is -15.9. The number of rotatable bonds is 14. The molecular formula is C57H49FIrN3O. The van der Waals surface area contributed by atoms with E-state index in [0.717, 1.165) is 36.8 Å². The smallest absolute Gasteiger partial charge is 0.500 e. The van der Waals surface area contributed by atoms with Gasteiger partial charge in [-0.3, -0.25) is 0 Å². The fourth-order valence-electron chi connectivity index (χ4n) is 7.10. The van der Waals surface area contributed by atoms with Gasteiger partial charge in [0.05, 0.1) is 6.95 Å². The van der Waals surface area contributed by atoms with Crippen molar-refractivity contribution in [3.63, 3.8) is 0 Å². The predicted molar refractivity (Wildman–Crippen MR) is 250 cm³/mol. The molecule has 4 nitrogen and oxygen atoms in total. The van der Waals surface area contributed by atoms with E-state index in [1.807, 2.05) is 0 Å². The van der Waals surface area contributed by atoms with Gasteiger partial charge in [-0.1, -0.05) is 87.2 Å². The molecule has 5 aromatic carbocycles. The molecular weight excluding hydrogens is 954 g/mol. The van der Waals surface area contributed by atoms with E-state index in [0.29, 0.717) is 27.9 Å². The van der Waals surface area contributed by atoms with Crippen LogP contribution in [-0.2, 0) is 58.3 Å². The Morgan fingerprint density at radius 2 is 1.16 bits per heavy atom. The molecule has 0 amide bonds. The van der Waals surface area contributed by atoms with Gasteiger partial charge in [-0.15, -0.1) is 90.0 Å². The normalized spacial score (nSPS) is 16.7. The van der Waals surface area contributed by atoms with Gasteiger partial charge in [0.25, 0.3) is 0 Å². The standard InChI is InChI=1S/C57H49FN3O.Ir/c1-37(2)49-32-53(43-13-7-5-8-14-43)60-35-45(49)26-23-41-29-40(30-42(31-41)24-27-46-36-61-54(33-50(46)38(3)4)44-15-9-6-10-16-44)22-21-39-25-28-52(59-34-39)47-17-11-18-48-56-51(58)19-12-20-55(56)62-57(47)48;/h5-13,15,18-20,25,28-38H,21-24,26-27H2,1-4H3;/q-3;+3/i19D,21D2,22D2,23D2,24D2,26D2,27D2,37D,38D;. The summed E-state index contributed by atoms with van der Waals surface area (Å²) in [5.74, 6) is -3.91. The molecule has 0 spiro atoms. The monoisotopic (exact) mass is 1020 g/mol. The number of benzene rings is 5. The molecule has 0 aliphatic heterocycles. The summed E-state index contributed by atoms with van der Waals surface area (Å²) in [5, 5.41) is 0.411. The number of hydrogen-bond donors (Lipinski definition) is 0. The topological polar surface area (TPSA) is 51.8 Å². The zero-order valence-electron chi connectivity index (χ0n) is 49.7. The molecule has 9 rings (SSSR count). The molecule has 4 aromatic heterocycles. The second-order valence-electron chi connectivity index (χ2n) is 15.0. The first kappa shape index (κ1) is 28.6. The molecule has 314 valence electrons. The quantitative estimate of drug-likeness (QED) is 0.102. The molecule has 0 bridgehead atoms. The molecule has 0 saturated heterocycles. The van der Waals surface area contributed by atoms with Crippen molar-refractivity contribution in [2.45, 2.75) is 77.7 Å². The van der Waals surface area contributed by atoms with E-state index < -0.39 is 72.5 Å². The number of furan rings is 1. The summed E-state index contributed by atoms with van der Waals surface area (Å²) in [5.41, 5.74) is -0.617. The second-order valence-corrected chi connectivity index (χ2v) is 15.0. The van der Waals surface area contributed by atoms with Crippen LogP contribution in [0.3, 0.4) is 0 Å². The van der Waals surface area contributed by atoms with Gasteiger partial charge < -0.3 is 19.4 Å². The van der Waals surface area contributed by atoms with Crippen molar-refractivity contribution in [1.82, 2.24) is 15.0 Å². The van der Waals surface area contributed by atoms with Crippen LogP contribution in [0.25, 0.3) is 55.7 Å². The number of halogens is 1. The van der Waals surface area contributed by atoms with Crippen LogP contribution in [-0.4, -0.2) is 15.0 Å². The largest absolute Gasteiger partial charge is 3.00 e. The van der Waals surface area contributed by atoms with Crippen LogP contribution in [0.4, 0.5) is 4.39 Å². The average molecular weight is 1020 g/mol. The molecule has 9 aromatic rings. The van der Waals surface area contributed by atoms with E-state index in [1.54, 1.807) is 54.6 Å². The van der Waals surface area contributed by atoms with Gasteiger partial charge in [-0.05, 0) is 124 Å². The van der Waals surface area contributed by atoms with Crippen LogP contribution in [0, 0.1) is 24.0 Å². The average Bonchev–Trinajstić information content (AvgIpc) is 3.92. The fraction of sp³-hybridized carbons (Fsp3) is 0.211.